The highest BCUT2D eigenvalue weighted by molar-refractivity contribution is 5.88. The number of nitrogens with zero attached hydrogens (tertiary/aromatic N) is 2. The molecule has 0 spiro atoms. The molecule has 18 atom stereocenters. The molecule has 3 heterocycles. The normalized spacial score (nSPS) is 42.0. The summed E-state index contributed by atoms with van der Waals surface area (Å²) < 4.78 is 44.1. The highest BCUT2D eigenvalue weighted by Crippen LogP contribution is 2.41. The number of carbonyl (C=O) groups is 2. The maximum Gasteiger partial charge on any atom is 0.311 e. The van der Waals surface area contributed by atoms with Gasteiger partial charge in [-0.2, -0.15) is 0 Å². The third kappa shape index (κ3) is 13.7. The summed E-state index contributed by atoms with van der Waals surface area (Å²) in [7, 11) is 5.25. The van der Waals surface area contributed by atoms with E-state index in [0.717, 1.165) is 12.8 Å². The summed E-state index contributed by atoms with van der Waals surface area (Å²) in [5.41, 5.74) is -3.17. The van der Waals surface area contributed by atoms with E-state index in [1.807, 2.05) is 51.0 Å². The van der Waals surface area contributed by atoms with E-state index in [1.54, 1.807) is 48.5 Å². The van der Waals surface area contributed by atoms with E-state index in [9.17, 15) is 30.0 Å². The largest absolute Gasteiger partial charge is 0.459 e. The molecule has 1 aromatic carbocycles. The second-order valence-electron chi connectivity index (χ2n) is 19.9. The molecule has 4 N–H and O–H groups in total. The Morgan fingerprint density at radius 2 is 1.58 bits per heavy atom. The fourth-order valence-electron chi connectivity index (χ4n) is 10.2. The predicted molar refractivity (Wildman–Crippen MR) is 244 cm³/mol. The first-order valence-electron chi connectivity index (χ1n) is 23.6. The van der Waals surface area contributed by atoms with Gasteiger partial charge >= 0.3 is 11.9 Å². The first-order valence-corrected chi connectivity index (χ1v) is 23.6. The van der Waals surface area contributed by atoms with Crippen LogP contribution < -0.4 is 0 Å². The molecule has 372 valence electrons. The number of carbonyl (C=O) groups excluding carboxylic acids is 2. The molecule has 3 aliphatic rings. The quantitative estimate of drug-likeness (QED) is 0.108. The third-order valence-corrected chi connectivity index (χ3v) is 14.1. The maximum atomic E-state index is 14.5. The summed E-state index contributed by atoms with van der Waals surface area (Å²) in [6.45, 7) is 18.9. The topological polar surface area (TPSA) is 204 Å². The van der Waals surface area contributed by atoms with Crippen LogP contribution in [0, 0.1) is 23.7 Å². The molecule has 0 aliphatic carbocycles. The minimum Gasteiger partial charge on any atom is -0.459 e. The van der Waals surface area contributed by atoms with Gasteiger partial charge in [0.15, 0.2) is 18.7 Å². The summed E-state index contributed by atoms with van der Waals surface area (Å²) in [5, 5.41) is 53.5. The zero-order valence-electron chi connectivity index (χ0n) is 41.5. The van der Waals surface area contributed by atoms with Gasteiger partial charge < -0.3 is 63.3 Å². The molecule has 1 aromatic rings. The van der Waals surface area contributed by atoms with Crippen molar-refractivity contribution in [3.8, 4) is 0 Å². The van der Waals surface area contributed by atoms with Crippen molar-refractivity contribution in [2.75, 3.05) is 27.8 Å². The molecule has 1 unspecified atom stereocenters. The van der Waals surface area contributed by atoms with Crippen molar-refractivity contribution < 1.29 is 68.0 Å². The Morgan fingerprint density at radius 3 is 2.18 bits per heavy atom. The molecule has 0 bridgehead atoms. The molecule has 0 amide bonds. The van der Waals surface area contributed by atoms with Crippen LogP contribution in [0.2, 0.25) is 0 Å². The summed E-state index contributed by atoms with van der Waals surface area (Å²) >= 11 is 0. The van der Waals surface area contributed by atoms with E-state index in [1.165, 1.54) is 26.5 Å². The van der Waals surface area contributed by atoms with Gasteiger partial charge in [0.05, 0.1) is 47.8 Å². The van der Waals surface area contributed by atoms with Crippen LogP contribution in [0.25, 0.3) is 0 Å². The van der Waals surface area contributed by atoms with E-state index < -0.39 is 108 Å². The Morgan fingerprint density at radius 1 is 0.923 bits per heavy atom. The number of hydrogen-bond acceptors (Lipinski definition) is 16. The van der Waals surface area contributed by atoms with Crippen LogP contribution in [0.4, 0.5) is 0 Å². The molecular formula is C49H82N2O14. The minimum absolute atomic E-state index is 0.00157. The highest BCUT2D eigenvalue weighted by atomic mass is 16.7. The average molecular weight is 923 g/mol. The molecule has 3 fully saturated rings. The number of benzene rings is 1. The fourth-order valence-corrected chi connectivity index (χ4v) is 10.2. The van der Waals surface area contributed by atoms with Gasteiger partial charge in [-0.05, 0) is 99.7 Å². The van der Waals surface area contributed by atoms with Crippen molar-refractivity contribution in [2.24, 2.45) is 28.8 Å². The number of aliphatic hydroxyl groups is 4. The number of oxime groups is 1. The number of hydrogen-bond donors (Lipinski definition) is 4. The van der Waals surface area contributed by atoms with Gasteiger partial charge in [-0.15, -0.1) is 0 Å². The molecule has 16 nitrogen and oxygen atoms in total. The summed E-state index contributed by atoms with van der Waals surface area (Å²) in [4.78, 5) is 34.5. The molecule has 65 heavy (non-hydrogen) atoms. The Balaban J connectivity index is 1.81. The van der Waals surface area contributed by atoms with E-state index >= 15 is 0 Å². The Hall–Kier alpha value is -2.77. The first kappa shape index (κ1) is 54.8. The number of ether oxygens (including phenoxy) is 7. The second-order valence-corrected chi connectivity index (χ2v) is 19.9. The zero-order valence-corrected chi connectivity index (χ0v) is 41.5. The second kappa shape index (κ2) is 23.5. The lowest BCUT2D eigenvalue weighted by Crippen LogP contribution is -2.61. The average Bonchev–Trinajstić information content (AvgIpc) is 3.24. The van der Waals surface area contributed by atoms with Gasteiger partial charge in [0.25, 0.3) is 0 Å². The Kier molecular flexibility index (Phi) is 19.8. The third-order valence-electron chi connectivity index (χ3n) is 14.1. The van der Waals surface area contributed by atoms with Gasteiger partial charge in [-0.3, -0.25) is 9.59 Å². The van der Waals surface area contributed by atoms with Gasteiger partial charge in [0.2, 0.25) is 0 Å². The first-order chi connectivity index (χ1) is 30.4. The van der Waals surface area contributed by atoms with Crippen LogP contribution in [0.1, 0.15) is 120 Å². The van der Waals surface area contributed by atoms with Crippen molar-refractivity contribution in [1.82, 2.24) is 4.90 Å². The number of cyclic esters (lactones) is 1. The van der Waals surface area contributed by atoms with E-state index in [0.29, 0.717) is 25.2 Å². The van der Waals surface area contributed by atoms with Crippen LogP contribution in [-0.2, 0) is 54.0 Å². The predicted octanol–water partition coefficient (Wildman–Crippen LogP) is 5.18. The van der Waals surface area contributed by atoms with Crippen LogP contribution in [0.15, 0.2) is 35.5 Å². The van der Waals surface area contributed by atoms with E-state index in [2.05, 4.69) is 17.3 Å². The van der Waals surface area contributed by atoms with Crippen molar-refractivity contribution in [1.29, 1.82) is 0 Å². The van der Waals surface area contributed by atoms with Crippen molar-refractivity contribution in [3.63, 3.8) is 0 Å². The molecule has 0 radical (unpaired) electrons. The number of esters is 2. The van der Waals surface area contributed by atoms with Crippen LogP contribution in [0.5, 0.6) is 0 Å². The monoisotopic (exact) mass is 923 g/mol. The summed E-state index contributed by atoms with van der Waals surface area (Å²) in [5.74, 6) is -4.58. The number of aryl methyl sites for hydroxylation is 1. The molecule has 0 saturated carbocycles. The van der Waals surface area contributed by atoms with E-state index in [-0.39, 0.29) is 31.4 Å². The number of likely N-dealkylation sites (N-methyl/N-ethyl adjacent to an activating group) is 1. The van der Waals surface area contributed by atoms with Crippen LogP contribution in [0.3, 0.4) is 0 Å². The lowest BCUT2D eigenvalue weighted by molar-refractivity contribution is -0.318. The van der Waals surface area contributed by atoms with E-state index in [4.69, 9.17) is 38.0 Å². The maximum absolute atomic E-state index is 14.5. The van der Waals surface area contributed by atoms with Crippen molar-refractivity contribution in [2.45, 2.75) is 205 Å². The smallest absolute Gasteiger partial charge is 0.311 e. The van der Waals surface area contributed by atoms with Crippen molar-refractivity contribution >= 4 is 17.7 Å². The fraction of sp³-hybridized carbons (Fsp3) is 0.816. The Labute approximate surface area is 387 Å². The molecule has 16 heteroatoms. The van der Waals surface area contributed by atoms with Gasteiger partial charge in [-0.25, -0.2) is 0 Å². The highest BCUT2D eigenvalue weighted by Gasteiger charge is 2.54. The number of methoxy groups -OCH3 is 1. The summed E-state index contributed by atoms with van der Waals surface area (Å²) in [6, 6.07) is 9.83. The van der Waals surface area contributed by atoms with Crippen LogP contribution in [-0.4, -0.2) is 155 Å². The molecule has 3 aliphatic heterocycles. The number of rotatable bonds is 14. The number of unbranched alkanes of at least 4 members (excludes halogenated alkanes) is 1. The molecule has 4 rings (SSSR count). The molecular weight excluding hydrogens is 841 g/mol. The Bertz CT molecular complexity index is 1680. The zero-order chi connectivity index (χ0) is 48.6. The standard InChI is InChI=1S/C49H82N2O14/c1-15-37-49(11,57)42(54)30(4)39(50-59-24-20-19-23-35-21-17-16-18-22-35)28(2)26-47(9,56)43(65-46-40(53)36(51(12)13)25-29(3)60-46)31(5)41(32(6)45(55)63-37)64-38-27-48(10,58-14)44(33(7)61-38)62-34(8)52/h16-18,21-22,28-33,36-38,40-44,46,53-54,56-57H,15,19-20,23-27H2,1-14H3/b50-39+/t28-,29-,30-,31+,32-,33+,36+,37+,38+,40-,41+,42-,43-,44+,46+,47?,48-,49-/m1/s1. The minimum atomic E-state index is -1.96. The lowest BCUT2D eigenvalue weighted by atomic mass is 9.73. The van der Waals surface area contributed by atoms with Gasteiger partial charge in [0.1, 0.15) is 30.0 Å². The lowest BCUT2D eigenvalue weighted by Gasteiger charge is -2.49. The number of aliphatic hydroxyl groups excluding tert-OH is 2. The van der Waals surface area contributed by atoms with Gasteiger partial charge in [-0.1, -0.05) is 63.2 Å². The summed E-state index contributed by atoms with van der Waals surface area (Å²) in [6.07, 6.45) is -6.84. The molecule has 3 saturated heterocycles. The van der Waals surface area contributed by atoms with Gasteiger partial charge in [0, 0.05) is 44.2 Å². The van der Waals surface area contributed by atoms with Crippen LogP contribution >= 0.6 is 0 Å². The SMILES string of the molecule is CC[C@@H]1OC(=O)[C@H](C)[C@@H](O[C@H]2C[C@@](C)(OC)[C@@H](OC(C)=O)[C@H](C)O2)[C@H](C)[C@@H](O[C@@H]2O[C@H](C)C[C@H](N(C)C)[C@H]2O)C(C)(O)C[C@@H](C)/C(=N\OCCCCc2ccccc2)[C@@H](C)[C@@H](O)[C@]1(C)O. The van der Waals surface area contributed by atoms with Crippen molar-refractivity contribution in [3.05, 3.63) is 35.9 Å². The molecule has 0 aromatic heterocycles.